The van der Waals surface area contributed by atoms with Crippen molar-refractivity contribution in [2.24, 2.45) is 29.6 Å². The maximum atomic E-state index is 15.3. The van der Waals surface area contributed by atoms with Crippen LogP contribution in [0, 0.1) is 29.6 Å². The lowest BCUT2D eigenvalue weighted by Gasteiger charge is -2.46. The van der Waals surface area contributed by atoms with Crippen molar-refractivity contribution in [3.05, 3.63) is 0 Å². The van der Waals surface area contributed by atoms with Crippen LogP contribution in [0.15, 0.2) is 0 Å². The van der Waals surface area contributed by atoms with E-state index in [1.807, 2.05) is 0 Å². The fourth-order valence-electron chi connectivity index (χ4n) is 7.36. The van der Waals surface area contributed by atoms with E-state index in [9.17, 15) is 22.0 Å². The lowest BCUT2D eigenvalue weighted by atomic mass is 9.65. The van der Waals surface area contributed by atoms with Gasteiger partial charge in [-0.3, -0.25) is 0 Å². The third-order valence-electron chi connectivity index (χ3n) is 9.28. The van der Waals surface area contributed by atoms with E-state index in [4.69, 9.17) is 4.74 Å². The molecule has 1 aliphatic heterocycles. The molecule has 0 amide bonds. The maximum Gasteiger partial charge on any atom is 0.364 e. The number of hydrogen-bond donors (Lipinski definition) is 0. The van der Waals surface area contributed by atoms with Gasteiger partial charge in [0.2, 0.25) is 0 Å². The quantitative estimate of drug-likeness (QED) is 0.293. The minimum Gasteiger partial charge on any atom is -0.378 e. The van der Waals surface area contributed by atoms with Crippen LogP contribution in [-0.2, 0) is 9.47 Å². The number of hydrogen-bond acceptors (Lipinski definition) is 2. The van der Waals surface area contributed by atoms with Gasteiger partial charge in [-0.15, -0.1) is 0 Å². The molecule has 0 aromatic carbocycles. The second-order valence-electron chi connectivity index (χ2n) is 12.0. The summed E-state index contributed by atoms with van der Waals surface area (Å²) in [5, 5.41) is 0. The molecule has 4 rings (SSSR count). The van der Waals surface area contributed by atoms with E-state index >= 15 is 17.6 Å². The van der Waals surface area contributed by atoms with E-state index in [-0.39, 0.29) is 24.9 Å². The number of alkyl halides is 9. The third kappa shape index (κ3) is 6.60. The summed E-state index contributed by atoms with van der Waals surface area (Å²) in [6, 6.07) is 0. The Labute approximate surface area is 218 Å². The molecule has 3 saturated carbocycles. The molecule has 1 heterocycles. The lowest BCUT2D eigenvalue weighted by Crippen LogP contribution is -2.53. The van der Waals surface area contributed by atoms with E-state index in [2.05, 4.69) is 11.7 Å². The van der Waals surface area contributed by atoms with Crippen molar-refractivity contribution in [2.45, 2.75) is 133 Å². The van der Waals surface area contributed by atoms with Crippen LogP contribution in [-0.4, -0.2) is 68.1 Å². The Morgan fingerprint density at radius 3 is 1.76 bits per heavy atom. The minimum atomic E-state index is -4.42. The smallest absolute Gasteiger partial charge is 0.364 e. The first kappa shape index (κ1) is 30.3. The van der Waals surface area contributed by atoms with Crippen LogP contribution in [0.1, 0.15) is 71.1 Å². The van der Waals surface area contributed by atoms with Crippen LogP contribution in [0.25, 0.3) is 0 Å². The summed E-state index contributed by atoms with van der Waals surface area (Å²) < 4.78 is 141. The molecule has 222 valence electrons. The van der Waals surface area contributed by atoms with Gasteiger partial charge in [-0.25, -0.2) is 30.7 Å². The zero-order valence-electron chi connectivity index (χ0n) is 21.6. The molecule has 0 radical (unpaired) electrons. The Morgan fingerprint density at radius 1 is 0.711 bits per heavy atom. The third-order valence-corrected chi connectivity index (χ3v) is 9.28. The van der Waals surface area contributed by atoms with Crippen molar-refractivity contribution in [1.82, 2.24) is 0 Å². The van der Waals surface area contributed by atoms with Gasteiger partial charge in [0, 0.05) is 25.4 Å². The summed E-state index contributed by atoms with van der Waals surface area (Å²) in [5.41, 5.74) is 0. The van der Waals surface area contributed by atoms with Crippen LogP contribution >= 0.6 is 0 Å². The van der Waals surface area contributed by atoms with Crippen LogP contribution < -0.4 is 0 Å². The predicted octanol–water partition coefficient (Wildman–Crippen LogP) is 7.77. The molecule has 38 heavy (non-hydrogen) atoms. The first-order chi connectivity index (χ1) is 17.9. The summed E-state index contributed by atoms with van der Waals surface area (Å²) >= 11 is 0. The normalized spacial score (nSPS) is 49.1. The molecule has 0 aromatic heterocycles. The highest BCUT2D eigenvalue weighted by atomic mass is 19.3. The molecule has 1 saturated heterocycles. The molecule has 8 unspecified atom stereocenters. The van der Waals surface area contributed by atoms with Gasteiger partial charge in [0.25, 0.3) is 0 Å². The van der Waals surface area contributed by atoms with Crippen molar-refractivity contribution in [3.8, 4) is 0 Å². The van der Waals surface area contributed by atoms with Crippen molar-refractivity contribution in [1.29, 1.82) is 0 Å². The van der Waals surface area contributed by atoms with Gasteiger partial charge in [-0.05, 0) is 62.7 Å². The second kappa shape index (κ2) is 12.4. The standard InChI is InChI=1S/C27H39F9O2/c1-2-3-13-4-5-23(37-12-13)14-6-17(28)24(18(29)7-14)15-8-19(30)25(20(31)9-15)27(35,36)38-16-10-21(32)26(34)22(33)11-16/h13-26H,2-12H2,1H3. The Kier molecular flexibility index (Phi) is 9.90. The highest BCUT2D eigenvalue weighted by Gasteiger charge is 2.58. The highest BCUT2D eigenvalue weighted by Crippen LogP contribution is 2.50. The SMILES string of the molecule is CCCC1CCC(C2CC(F)C(C3CC(F)C(C(F)(F)OC4CC(F)C(F)C(F)C4)C(F)C3)C(F)C2)OC1. The van der Waals surface area contributed by atoms with E-state index in [1.165, 1.54) is 0 Å². The van der Waals surface area contributed by atoms with Crippen LogP contribution in [0.4, 0.5) is 39.5 Å². The molecule has 0 N–H and O–H groups in total. The molecule has 2 nitrogen and oxygen atoms in total. The Balaban J connectivity index is 1.33. The van der Waals surface area contributed by atoms with Crippen LogP contribution in [0.5, 0.6) is 0 Å². The Morgan fingerprint density at radius 2 is 1.26 bits per heavy atom. The lowest BCUT2D eigenvalue weighted by molar-refractivity contribution is -0.323. The maximum absolute atomic E-state index is 15.3. The number of ether oxygens (including phenoxy) is 2. The Bertz CT molecular complexity index is 716. The summed E-state index contributed by atoms with van der Waals surface area (Å²) in [6.45, 7) is 2.63. The van der Waals surface area contributed by atoms with Gasteiger partial charge in [-0.2, -0.15) is 8.78 Å². The minimum absolute atomic E-state index is 0.00660. The van der Waals surface area contributed by atoms with Crippen molar-refractivity contribution >= 4 is 0 Å². The molecule has 0 spiro atoms. The summed E-state index contributed by atoms with van der Waals surface area (Å²) in [6.07, 6.45) is -21.4. The predicted molar refractivity (Wildman–Crippen MR) is 123 cm³/mol. The number of halogens is 9. The van der Waals surface area contributed by atoms with E-state index < -0.39 is 98.9 Å². The Hall–Kier alpha value is -0.710. The highest BCUT2D eigenvalue weighted by molar-refractivity contribution is 5.00. The molecular formula is C27H39F9O2. The fourth-order valence-corrected chi connectivity index (χ4v) is 7.36. The largest absolute Gasteiger partial charge is 0.378 e. The van der Waals surface area contributed by atoms with Gasteiger partial charge in [0.15, 0.2) is 6.17 Å². The van der Waals surface area contributed by atoms with Gasteiger partial charge < -0.3 is 9.47 Å². The average Bonchev–Trinajstić information content (AvgIpc) is 2.82. The zero-order chi connectivity index (χ0) is 27.8. The first-order valence-corrected chi connectivity index (χ1v) is 14.1. The molecule has 3 aliphatic carbocycles. The zero-order valence-corrected chi connectivity index (χ0v) is 21.6. The monoisotopic (exact) mass is 566 g/mol. The van der Waals surface area contributed by atoms with Crippen molar-refractivity contribution in [2.75, 3.05) is 6.61 Å². The molecule has 0 bridgehead atoms. The van der Waals surface area contributed by atoms with Gasteiger partial charge in [-0.1, -0.05) is 13.3 Å². The van der Waals surface area contributed by atoms with Gasteiger partial charge >= 0.3 is 6.11 Å². The van der Waals surface area contributed by atoms with Crippen LogP contribution in [0.2, 0.25) is 0 Å². The molecule has 0 aromatic rings. The number of rotatable bonds is 7. The van der Waals surface area contributed by atoms with Crippen LogP contribution in [0.3, 0.4) is 0 Å². The first-order valence-electron chi connectivity index (χ1n) is 14.1. The molecule has 11 heteroatoms. The average molecular weight is 567 g/mol. The van der Waals surface area contributed by atoms with Crippen molar-refractivity contribution < 1.29 is 49.0 Å². The topological polar surface area (TPSA) is 18.5 Å². The molecule has 8 atom stereocenters. The van der Waals surface area contributed by atoms with E-state index in [0.717, 1.165) is 19.3 Å². The summed E-state index contributed by atoms with van der Waals surface area (Å²) in [7, 11) is 0. The van der Waals surface area contributed by atoms with Gasteiger partial charge in [0.05, 0.1) is 12.2 Å². The molecular weight excluding hydrogens is 527 g/mol. The molecule has 4 fully saturated rings. The second-order valence-corrected chi connectivity index (χ2v) is 12.0. The van der Waals surface area contributed by atoms with E-state index in [1.54, 1.807) is 0 Å². The molecule has 4 aliphatic rings. The van der Waals surface area contributed by atoms with Gasteiger partial charge in [0.1, 0.15) is 42.9 Å². The van der Waals surface area contributed by atoms with E-state index in [0.29, 0.717) is 18.9 Å². The van der Waals surface area contributed by atoms with Crippen molar-refractivity contribution in [3.63, 3.8) is 0 Å². The summed E-state index contributed by atoms with van der Waals surface area (Å²) in [5.74, 6) is -4.93. The summed E-state index contributed by atoms with van der Waals surface area (Å²) in [4.78, 5) is 0. The fraction of sp³-hybridized carbons (Fsp3) is 1.00.